The minimum Gasteiger partial charge on any atom is -0.483 e. The molecule has 134 valence electrons. The fourth-order valence-electron chi connectivity index (χ4n) is 2.70. The van der Waals surface area contributed by atoms with E-state index in [-0.39, 0.29) is 18.6 Å². The normalized spacial score (nSPS) is 11.8. The van der Waals surface area contributed by atoms with Crippen molar-refractivity contribution in [3.05, 3.63) is 72.3 Å². The van der Waals surface area contributed by atoms with Gasteiger partial charge in [-0.3, -0.25) is 4.79 Å². The highest BCUT2D eigenvalue weighted by Gasteiger charge is 2.11. The Balaban J connectivity index is 1.55. The van der Waals surface area contributed by atoms with Crippen molar-refractivity contribution in [2.75, 3.05) is 6.61 Å². The molecule has 0 aliphatic carbocycles. The third-order valence-electron chi connectivity index (χ3n) is 4.17. The number of aromatic nitrogens is 3. The predicted molar refractivity (Wildman–Crippen MR) is 99.2 cm³/mol. The van der Waals surface area contributed by atoms with Crippen LogP contribution in [0.1, 0.15) is 31.0 Å². The summed E-state index contributed by atoms with van der Waals surface area (Å²) in [5.41, 5.74) is 3.03. The number of ether oxygens (including phenoxy) is 1. The highest BCUT2D eigenvalue weighted by Crippen LogP contribution is 2.18. The standard InChI is InChI=1S/C20H22N4O2/c1-3-16-6-4-5-7-19(16)26-12-20(25)23-15(2)17-8-10-18(11-9-17)24-14-21-13-22-24/h4-11,13-15H,3,12H2,1-2H3,(H,23,25). The first-order valence-electron chi connectivity index (χ1n) is 8.62. The van der Waals surface area contributed by atoms with Gasteiger partial charge in [0.2, 0.25) is 0 Å². The zero-order valence-corrected chi connectivity index (χ0v) is 14.9. The Kier molecular flexibility index (Phi) is 5.63. The molecule has 2 aromatic carbocycles. The van der Waals surface area contributed by atoms with E-state index in [1.54, 1.807) is 11.0 Å². The Morgan fingerprint density at radius 2 is 1.96 bits per heavy atom. The minimum absolute atomic E-state index is 0.00159. The lowest BCUT2D eigenvalue weighted by Gasteiger charge is -2.16. The van der Waals surface area contributed by atoms with Crippen LogP contribution in [0.15, 0.2) is 61.2 Å². The molecule has 0 saturated carbocycles. The first kappa shape index (κ1) is 17.7. The number of nitrogens with one attached hydrogen (secondary N) is 1. The van der Waals surface area contributed by atoms with Crippen molar-refractivity contribution in [2.24, 2.45) is 0 Å². The van der Waals surface area contributed by atoms with Crippen molar-refractivity contribution in [1.82, 2.24) is 20.1 Å². The molecule has 3 rings (SSSR count). The molecule has 1 amide bonds. The van der Waals surface area contributed by atoms with E-state index in [1.807, 2.05) is 55.5 Å². The van der Waals surface area contributed by atoms with Gasteiger partial charge in [-0.1, -0.05) is 37.3 Å². The van der Waals surface area contributed by atoms with Crippen LogP contribution in [-0.2, 0) is 11.2 Å². The second-order valence-electron chi connectivity index (χ2n) is 5.97. The van der Waals surface area contributed by atoms with E-state index in [1.165, 1.54) is 6.33 Å². The highest BCUT2D eigenvalue weighted by atomic mass is 16.5. The molecular weight excluding hydrogens is 328 g/mol. The van der Waals surface area contributed by atoms with Crippen LogP contribution in [-0.4, -0.2) is 27.3 Å². The summed E-state index contributed by atoms with van der Waals surface area (Å²) in [7, 11) is 0. The van der Waals surface area contributed by atoms with Crippen molar-refractivity contribution in [3.63, 3.8) is 0 Å². The number of hydrogen-bond donors (Lipinski definition) is 1. The van der Waals surface area contributed by atoms with Crippen LogP contribution >= 0.6 is 0 Å². The summed E-state index contributed by atoms with van der Waals surface area (Å²) in [6.45, 7) is 4.01. The molecule has 0 radical (unpaired) electrons. The number of nitrogens with zero attached hydrogens (tertiary/aromatic N) is 3. The summed E-state index contributed by atoms with van der Waals surface area (Å²) in [5.74, 6) is 0.610. The van der Waals surface area contributed by atoms with Crippen molar-refractivity contribution in [3.8, 4) is 11.4 Å². The van der Waals surface area contributed by atoms with Crippen LogP contribution in [0.3, 0.4) is 0 Å². The fraction of sp³-hybridized carbons (Fsp3) is 0.250. The topological polar surface area (TPSA) is 69.0 Å². The molecule has 0 fully saturated rings. The molecule has 1 atom stereocenters. The van der Waals surface area contributed by atoms with Crippen molar-refractivity contribution in [2.45, 2.75) is 26.3 Å². The molecule has 0 aliphatic rings. The Morgan fingerprint density at radius 3 is 2.65 bits per heavy atom. The van der Waals surface area contributed by atoms with Gasteiger partial charge in [0.15, 0.2) is 6.61 Å². The Morgan fingerprint density at radius 1 is 1.19 bits per heavy atom. The summed E-state index contributed by atoms with van der Waals surface area (Å²) < 4.78 is 7.35. The van der Waals surface area contributed by atoms with Gasteiger partial charge in [0.25, 0.3) is 5.91 Å². The van der Waals surface area contributed by atoms with E-state index < -0.39 is 0 Å². The maximum absolute atomic E-state index is 12.2. The van der Waals surface area contributed by atoms with E-state index in [0.717, 1.165) is 29.0 Å². The Hall–Kier alpha value is -3.15. The largest absolute Gasteiger partial charge is 0.483 e. The number of benzene rings is 2. The number of para-hydroxylation sites is 1. The third kappa shape index (κ3) is 4.27. The van der Waals surface area contributed by atoms with Gasteiger partial charge in [-0.05, 0) is 42.7 Å². The molecule has 6 heteroatoms. The van der Waals surface area contributed by atoms with Gasteiger partial charge in [-0.15, -0.1) is 0 Å². The first-order chi connectivity index (χ1) is 12.7. The van der Waals surface area contributed by atoms with Gasteiger partial charge >= 0.3 is 0 Å². The van der Waals surface area contributed by atoms with Gasteiger partial charge in [0.1, 0.15) is 18.4 Å². The third-order valence-corrected chi connectivity index (χ3v) is 4.17. The molecule has 0 spiro atoms. The molecule has 1 unspecified atom stereocenters. The van der Waals surface area contributed by atoms with Crippen LogP contribution in [0.4, 0.5) is 0 Å². The summed E-state index contributed by atoms with van der Waals surface area (Å²) in [6.07, 6.45) is 4.01. The van der Waals surface area contributed by atoms with Crippen molar-refractivity contribution < 1.29 is 9.53 Å². The van der Waals surface area contributed by atoms with Crippen LogP contribution in [0.25, 0.3) is 5.69 Å². The minimum atomic E-state index is -0.149. The predicted octanol–water partition coefficient (Wildman–Crippen LogP) is 3.09. The number of aryl methyl sites for hydroxylation is 1. The van der Waals surface area contributed by atoms with E-state index in [4.69, 9.17) is 4.74 Å². The molecular formula is C20H22N4O2. The molecule has 1 N–H and O–H groups in total. The number of carbonyl (C=O) groups excluding carboxylic acids is 1. The number of rotatable bonds is 7. The molecule has 0 saturated heterocycles. The van der Waals surface area contributed by atoms with Gasteiger partial charge in [-0.2, -0.15) is 5.10 Å². The lowest BCUT2D eigenvalue weighted by Crippen LogP contribution is -2.31. The molecule has 26 heavy (non-hydrogen) atoms. The molecule has 0 aliphatic heterocycles. The zero-order chi connectivity index (χ0) is 18.4. The maximum Gasteiger partial charge on any atom is 0.258 e. The monoisotopic (exact) mass is 350 g/mol. The highest BCUT2D eigenvalue weighted by molar-refractivity contribution is 5.78. The summed E-state index contributed by atoms with van der Waals surface area (Å²) in [5, 5.41) is 7.06. The van der Waals surface area contributed by atoms with E-state index in [9.17, 15) is 4.79 Å². The van der Waals surface area contributed by atoms with Crippen LogP contribution < -0.4 is 10.1 Å². The average Bonchev–Trinajstić information content (AvgIpc) is 3.21. The van der Waals surface area contributed by atoms with E-state index in [0.29, 0.717) is 0 Å². The lowest BCUT2D eigenvalue weighted by molar-refractivity contribution is -0.123. The van der Waals surface area contributed by atoms with Gasteiger partial charge in [-0.25, -0.2) is 9.67 Å². The summed E-state index contributed by atoms with van der Waals surface area (Å²) >= 11 is 0. The number of carbonyl (C=O) groups is 1. The van der Waals surface area contributed by atoms with E-state index in [2.05, 4.69) is 22.3 Å². The van der Waals surface area contributed by atoms with Gasteiger partial charge in [0.05, 0.1) is 11.7 Å². The number of hydrogen-bond acceptors (Lipinski definition) is 4. The average molecular weight is 350 g/mol. The maximum atomic E-state index is 12.2. The van der Waals surface area contributed by atoms with E-state index >= 15 is 0 Å². The quantitative estimate of drug-likeness (QED) is 0.711. The van der Waals surface area contributed by atoms with Crippen LogP contribution in [0, 0.1) is 0 Å². The Bertz CT molecular complexity index is 845. The van der Waals surface area contributed by atoms with Crippen molar-refractivity contribution >= 4 is 5.91 Å². The van der Waals surface area contributed by atoms with Crippen LogP contribution in [0.5, 0.6) is 5.75 Å². The first-order valence-corrected chi connectivity index (χ1v) is 8.62. The zero-order valence-electron chi connectivity index (χ0n) is 14.9. The molecule has 6 nitrogen and oxygen atoms in total. The molecule has 3 aromatic rings. The molecule has 1 heterocycles. The summed E-state index contributed by atoms with van der Waals surface area (Å²) in [4.78, 5) is 16.1. The van der Waals surface area contributed by atoms with Crippen LogP contribution in [0.2, 0.25) is 0 Å². The second-order valence-corrected chi connectivity index (χ2v) is 5.97. The van der Waals surface area contributed by atoms with Gasteiger partial charge in [0, 0.05) is 0 Å². The summed E-state index contributed by atoms with van der Waals surface area (Å²) in [6, 6.07) is 15.5. The smallest absolute Gasteiger partial charge is 0.258 e. The molecule has 1 aromatic heterocycles. The number of amides is 1. The SMILES string of the molecule is CCc1ccccc1OCC(=O)NC(C)c1ccc(-n2cncn2)cc1. The lowest BCUT2D eigenvalue weighted by atomic mass is 10.1. The molecule has 0 bridgehead atoms. The van der Waals surface area contributed by atoms with Crippen molar-refractivity contribution in [1.29, 1.82) is 0 Å². The second kappa shape index (κ2) is 8.29. The Labute approximate surface area is 152 Å². The fourth-order valence-corrected chi connectivity index (χ4v) is 2.70. The van der Waals surface area contributed by atoms with Gasteiger partial charge < -0.3 is 10.1 Å².